The molecule has 1 unspecified atom stereocenters. The summed E-state index contributed by atoms with van der Waals surface area (Å²) in [5.74, 6) is 1.38. The zero-order valence-corrected chi connectivity index (χ0v) is 12.2. The average molecular weight is 282 g/mol. The molecule has 1 aliphatic heterocycles. The highest BCUT2D eigenvalue weighted by molar-refractivity contribution is 7.10. The van der Waals surface area contributed by atoms with E-state index < -0.39 is 0 Å². The summed E-state index contributed by atoms with van der Waals surface area (Å²) in [4.78, 5) is 2.45. The normalized spacial score (nSPS) is 22.4. The molecule has 106 valence electrons. The van der Waals surface area contributed by atoms with Crippen LogP contribution in [0.5, 0.6) is 0 Å². The van der Waals surface area contributed by atoms with Crippen LogP contribution in [0.2, 0.25) is 0 Å². The molecule has 2 fully saturated rings. The van der Waals surface area contributed by atoms with E-state index in [0.717, 1.165) is 38.7 Å². The minimum atomic E-state index is 0.412. The lowest BCUT2D eigenvalue weighted by molar-refractivity contribution is 0.0368. The van der Waals surface area contributed by atoms with Crippen molar-refractivity contribution in [2.45, 2.75) is 31.7 Å². The largest absolute Gasteiger partial charge is 0.383 e. The van der Waals surface area contributed by atoms with E-state index in [-0.39, 0.29) is 0 Å². The van der Waals surface area contributed by atoms with Gasteiger partial charge in [0.05, 0.1) is 13.2 Å². The topological polar surface area (TPSA) is 63.4 Å². The van der Waals surface area contributed by atoms with Gasteiger partial charge in [-0.05, 0) is 37.2 Å². The van der Waals surface area contributed by atoms with Crippen LogP contribution >= 0.6 is 11.5 Å². The predicted molar refractivity (Wildman–Crippen MR) is 78.8 cm³/mol. The van der Waals surface area contributed by atoms with Crippen LogP contribution in [0.3, 0.4) is 0 Å². The quantitative estimate of drug-likeness (QED) is 0.861. The van der Waals surface area contributed by atoms with Gasteiger partial charge in [-0.15, -0.1) is 0 Å². The number of ether oxygens (including phenoxy) is 1. The summed E-state index contributed by atoms with van der Waals surface area (Å²) in [5.41, 5.74) is 7.24. The molecule has 1 aromatic rings. The van der Waals surface area contributed by atoms with Crippen molar-refractivity contribution in [1.82, 2.24) is 9.27 Å². The Kier molecular flexibility index (Phi) is 3.91. The first kappa shape index (κ1) is 13.1. The fourth-order valence-electron chi connectivity index (χ4n) is 2.62. The number of morpholine rings is 1. The molecule has 0 bridgehead atoms. The van der Waals surface area contributed by atoms with E-state index in [0.29, 0.717) is 12.0 Å². The second-order valence-electron chi connectivity index (χ2n) is 5.54. The van der Waals surface area contributed by atoms with Gasteiger partial charge in [0.25, 0.3) is 0 Å². The molecule has 2 aliphatic rings. The molecule has 1 saturated carbocycles. The highest BCUT2D eigenvalue weighted by Gasteiger charge is 2.31. The summed E-state index contributed by atoms with van der Waals surface area (Å²) in [5, 5.41) is 4.77. The molecular weight excluding hydrogens is 260 g/mol. The van der Waals surface area contributed by atoms with Crippen molar-refractivity contribution in [1.29, 1.82) is 0 Å². The number of hydrogen-bond acceptors (Lipinski definition) is 6. The summed E-state index contributed by atoms with van der Waals surface area (Å²) < 4.78 is 9.68. The van der Waals surface area contributed by atoms with Crippen molar-refractivity contribution < 1.29 is 4.74 Å². The standard InChI is InChI=1S/C13H22N4OS/c1-9(8-17-4-6-18-7-5-17)15-13-11(10-2-3-10)12(14)16-19-13/h9-10,15H,2-8H2,1H3,(H2,14,16). The Bertz CT molecular complexity index is 426. The van der Waals surface area contributed by atoms with Crippen LogP contribution in [0, 0.1) is 0 Å². The molecule has 1 saturated heterocycles. The summed E-state index contributed by atoms with van der Waals surface area (Å²) >= 11 is 1.51. The lowest BCUT2D eigenvalue weighted by Gasteiger charge is -2.29. The van der Waals surface area contributed by atoms with Gasteiger partial charge in [0, 0.05) is 31.2 Å². The number of nitrogens with two attached hydrogens (primary N) is 1. The third-order valence-electron chi connectivity index (χ3n) is 3.75. The van der Waals surface area contributed by atoms with Crippen molar-refractivity contribution in [2.24, 2.45) is 0 Å². The van der Waals surface area contributed by atoms with Crippen LogP contribution in [0.15, 0.2) is 0 Å². The van der Waals surface area contributed by atoms with Crippen molar-refractivity contribution in [3.8, 4) is 0 Å². The minimum Gasteiger partial charge on any atom is -0.383 e. The number of rotatable bonds is 5. The van der Waals surface area contributed by atoms with E-state index in [1.807, 2.05) is 0 Å². The number of aromatic nitrogens is 1. The second-order valence-corrected chi connectivity index (χ2v) is 6.32. The smallest absolute Gasteiger partial charge is 0.142 e. The molecule has 5 nitrogen and oxygen atoms in total. The van der Waals surface area contributed by atoms with Crippen LogP contribution in [-0.4, -0.2) is 48.2 Å². The van der Waals surface area contributed by atoms with E-state index in [9.17, 15) is 0 Å². The maximum Gasteiger partial charge on any atom is 0.142 e. The van der Waals surface area contributed by atoms with E-state index in [1.165, 1.54) is 34.9 Å². The second kappa shape index (κ2) is 5.64. The lowest BCUT2D eigenvalue weighted by Crippen LogP contribution is -2.42. The average Bonchev–Trinajstić information content (AvgIpc) is 3.16. The van der Waals surface area contributed by atoms with Crippen molar-refractivity contribution in [2.75, 3.05) is 43.9 Å². The highest BCUT2D eigenvalue weighted by Crippen LogP contribution is 2.47. The number of anilines is 2. The fourth-order valence-corrected chi connectivity index (χ4v) is 3.53. The first-order valence-corrected chi connectivity index (χ1v) is 7.83. The van der Waals surface area contributed by atoms with Gasteiger partial charge in [0.1, 0.15) is 10.8 Å². The van der Waals surface area contributed by atoms with Crippen molar-refractivity contribution >= 4 is 22.4 Å². The number of nitrogen functional groups attached to an aromatic ring is 1. The lowest BCUT2D eigenvalue weighted by atomic mass is 10.2. The van der Waals surface area contributed by atoms with Gasteiger partial charge in [-0.2, -0.15) is 4.37 Å². The third-order valence-corrected chi connectivity index (χ3v) is 4.56. The molecule has 1 atom stereocenters. The summed E-state index contributed by atoms with van der Waals surface area (Å²) in [6, 6.07) is 0.412. The number of nitrogens with zero attached hydrogens (tertiary/aromatic N) is 2. The monoisotopic (exact) mass is 282 g/mol. The first-order chi connectivity index (χ1) is 9.24. The summed E-state index contributed by atoms with van der Waals surface area (Å²) in [7, 11) is 0. The zero-order valence-electron chi connectivity index (χ0n) is 11.4. The van der Waals surface area contributed by atoms with Crippen LogP contribution in [0.25, 0.3) is 0 Å². The van der Waals surface area contributed by atoms with Gasteiger partial charge in [0.15, 0.2) is 0 Å². The molecule has 3 N–H and O–H groups in total. The SMILES string of the molecule is CC(CN1CCOCC1)Nc1snc(N)c1C1CC1. The van der Waals surface area contributed by atoms with E-state index in [4.69, 9.17) is 10.5 Å². The van der Waals surface area contributed by atoms with Crippen LogP contribution in [-0.2, 0) is 4.74 Å². The first-order valence-electron chi connectivity index (χ1n) is 7.05. The Hall–Kier alpha value is -0.850. The molecule has 2 heterocycles. The Morgan fingerprint density at radius 1 is 1.47 bits per heavy atom. The van der Waals surface area contributed by atoms with Gasteiger partial charge in [-0.3, -0.25) is 4.90 Å². The minimum absolute atomic E-state index is 0.412. The van der Waals surface area contributed by atoms with Crippen molar-refractivity contribution in [3.05, 3.63) is 5.56 Å². The fraction of sp³-hybridized carbons (Fsp3) is 0.769. The van der Waals surface area contributed by atoms with Crippen LogP contribution < -0.4 is 11.1 Å². The summed E-state index contributed by atoms with van der Waals surface area (Å²) in [6.45, 7) is 7.05. The molecule has 0 aromatic carbocycles. The molecule has 6 heteroatoms. The maximum atomic E-state index is 5.97. The highest BCUT2D eigenvalue weighted by atomic mass is 32.1. The van der Waals surface area contributed by atoms with Crippen LogP contribution in [0.1, 0.15) is 31.2 Å². The van der Waals surface area contributed by atoms with Gasteiger partial charge in [-0.1, -0.05) is 0 Å². The van der Waals surface area contributed by atoms with Crippen LogP contribution in [0.4, 0.5) is 10.8 Å². The van der Waals surface area contributed by atoms with E-state index in [1.54, 1.807) is 0 Å². The van der Waals surface area contributed by atoms with Gasteiger partial charge < -0.3 is 15.8 Å². The number of hydrogen-bond donors (Lipinski definition) is 2. The Morgan fingerprint density at radius 3 is 2.89 bits per heavy atom. The molecule has 1 aliphatic carbocycles. The number of nitrogens with one attached hydrogen (secondary N) is 1. The Balaban J connectivity index is 1.58. The molecule has 19 heavy (non-hydrogen) atoms. The van der Waals surface area contributed by atoms with Gasteiger partial charge in [0.2, 0.25) is 0 Å². The maximum absolute atomic E-state index is 5.97. The van der Waals surface area contributed by atoms with E-state index >= 15 is 0 Å². The predicted octanol–water partition coefficient (Wildman–Crippen LogP) is 1.74. The third kappa shape index (κ3) is 3.19. The van der Waals surface area contributed by atoms with E-state index in [2.05, 4.69) is 21.5 Å². The molecule has 1 aromatic heterocycles. The molecule has 0 spiro atoms. The molecule has 0 radical (unpaired) electrons. The Labute approximate surface area is 118 Å². The molecule has 3 rings (SSSR count). The molecular formula is C13H22N4OS. The van der Waals surface area contributed by atoms with Gasteiger partial charge in [-0.25, -0.2) is 0 Å². The van der Waals surface area contributed by atoms with Crippen molar-refractivity contribution in [3.63, 3.8) is 0 Å². The zero-order chi connectivity index (χ0) is 13.2. The van der Waals surface area contributed by atoms with Gasteiger partial charge >= 0.3 is 0 Å². The summed E-state index contributed by atoms with van der Waals surface area (Å²) in [6.07, 6.45) is 2.52. The Morgan fingerprint density at radius 2 is 2.21 bits per heavy atom. The molecule has 0 amide bonds.